The van der Waals surface area contributed by atoms with Gasteiger partial charge >= 0.3 is 5.97 Å². The first-order valence-electron chi connectivity index (χ1n) is 15.9. The highest BCUT2D eigenvalue weighted by molar-refractivity contribution is 5.89. The Kier molecular flexibility index (Phi) is 21.6. The summed E-state index contributed by atoms with van der Waals surface area (Å²) >= 11 is 0. The Morgan fingerprint density at radius 2 is 1.22 bits per heavy atom. The Bertz CT molecular complexity index is 773. The molecule has 1 rings (SSSR count). The molecule has 10 nitrogen and oxygen atoms in total. The predicted molar refractivity (Wildman–Crippen MR) is 159 cm³/mol. The van der Waals surface area contributed by atoms with Gasteiger partial charge in [-0.2, -0.15) is 0 Å². The lowest BCUT2D eigenvalue weighted by atomic mass is 10.0. The number of nitrogens with one attached hydrogen (secondary N) is 2. The van der Waals surface area contributed by atoms with Crippen LogP contribution < -0.4 is 10.6 Å². The lowest BCUT2D eigenvalue weighted by Gasteiger charge is -2.16. The number of amides is 3. The van der Waals surface area contributed by atoms with Crippen molar-refractivity contribution in [3.8, 4) is 0 Å². The standard InChI is InChI=1S/C31H55N3O7/c35-27(19-15-13-17-23-34-24-18-21-29(34)37)32-25-26(31(40)41)33-28(36)20-14-11-9-7-5-3-1-2-4-6-8-10-12-16-22-30(38)39/h18,21,26,30,38-39H,1-17,19-20,22-25H2,(H,32,35)(H,33,36)(H,40,41)/t26-/m0/s1. The van der Waals surface area contributed by atoms with Crippen LogP contribution in [0.3, 0.4) is 0 Å². The van der Waals surface area contributed by atoms with Crippen LogP contribution in [0.2, 0.25) is 0 Å². The molecular formula is C31H55N3O7. The number of nitrogens with zero attached hydrogens (tertiary/aromatic N) is 1. The third-order valence-corrected chi connectivity index (χ3v) is 7.48. The highest BCUT2D eigenvalue weighted by Crippen LogP contribution is 2.14. The fourth-order valence-corrected chi connectivity index (χ4v) is 4.95. The van der Waals surface area contributed by atoms with Crippen LogP contribution >= 0.6 is 0 Å². The SMILES string of the molecule is O=C(CCCCCN1CC=CC1=O)NC[C@H](NC(=O)CCCCCCCCCCCCCCCCC(O)O)C(=O)O. The Balaban J connectivity index is 1.94. The molecule has 0 aromatic carbocycles. The Morgan fingerprint density at radius 3 is 1.71 bits per heavy atom. The second-order valence-electron chi connectivity index (χ2n) is 11.2. The number of unbranched alkanes of at least 4 members (excludes halogenated alkanes) is 15. The smallest absolute Gasteiger partial charge is 0.328 e. The summed E-state index contributed by atoms with van der Waals surface area (Å²) in [5.74, 6) is -1.68. The van der Waals surface area contributed by atoms with Crippen molar-refractivity contribution in [2.45, 2.75) is 141 Å². The molecule has 10 heteroatoms. The number of carboxylic acid groups (broad SMARTS) is 1. The number of aliphatic hydroxyl groups excluding tert-OH is 1. The van der Waals surface area contributed by atoms with Gasteiger partial charge in [0.15, 0.2) is 6.29 Å². The van der Waals surface area contributed by atoms with Crippen molar-refractivity contribution in [3.05, 3.63) is 12.2 Å². The van der Waals surface area contributed by atoms with Crippen LogP contribution in [0.4, 0.5) is 0 Å². The van der Waals surface area contributed by atoms with Gasteiger partial charge in [-0.05, 0) is 32.1 Å². The van der Waals surface area contributed by atoms with Crippen LogP contribution in [0.25, 0.3) is 0 Å². The maximum atomic E-state index is 12.2. The van der Waals surface area contributed by atoms with E-state index in [0.29, 0.717) is 25.9 Å². The molecule has 5 N–H and O–H groups in total. The van der Waals surface area contributed by atoms with E-state index in [1.54, 1.807) is 11.0 Å². The van der Waals surface area contributed by atoms with Crippen molar-refractivity contribution in [1.82, 2.24) is 15.5 Å². The van der Waals surface area contributed by atoms with Crippen LogP contribution in [-0.2, 0) is 19.2 Å². The molecule has 1 aliphatic rings. The molecule has 0 radical (unpaired) electrons. The average molecular weight is 582 g/mol. The van der Waals surface area contributed by atoms with Crippen LogP contribution in [0, 0.1) is 0 Å². The topological polar surface area (TPSA) is 156 Å². The molecule has 0 spiro atoms. The summed E-state index contributed by atoms with van der Waals surface area (Å²) in [4.78, 5) is 49.0. The summed E-state index contributed by atoms with van der Waals surface area (Å²) in [6.45, 7) is 1.18. The Morgan fingerprint density at radius 1 is 0.732 bits per heavy atom. The van der Waals surface area contributed by atoms with E-state index < -0.39 is 18.3 Å². The van der Waals surface area contributed by atoms with Crippen molar-refractivity contribution in [2.24, 2.45) is 0 Å². The monoisotopic (exact) mass is 581 g/mol. The molecule has 0 aliphatic carbocycles. The molecule has 0 saturated heterocycles. The summed E-state index contributed by atoms with van der Waals surface area (Å²) in [5, 5.41) is 32.2. The highest BCUT2D eigenvalue weighted by Gasteiger charge is 2.20. The molecule has 0 saturated carbocycles. The third kappa shape index (κ3) is 21.0. The number of carbonyl (C=O) groups excluding carboxylic acids is 3. The number of hydrogen-bond donors (Lipinski definition) is 5. The van der Waals surface area contributed by atoms with Gasteiger partial charge in [-0.1, -0.05) is 89.5 Å². The summed E-state index contributed by atoms with van der Waals surface area (Å²) in [5.41, 5.74) is 0. The second kappa shape index (κ2) is 24.2. The molecular weight excluding hydrogens is 526 g/mol. The number of hydrogen-bond acceptors (Lipinski definition) is 6. The van der Waals surface area contributed by atoms with E-state index in [4.69, 9.17) is 10.2 Å². The first kappa shape index (κ1) is 36.6. The van der Waals surface area contributed by atoms with Gasteiger partial charge in [-0.3, -0.25) is 14.4 Å². The van der Waals surface area contributed by atoms with Crippen molar-refractivity contribution >= 4 is 23.7 Å². The van der Waals surface area contributed by atoms with Gasteiger partial charge in [0, 0.05) is 38.6 Å². The molecule has 1 aliphatic heterocycles. The van der Waals surface area contributed by atoms with Gasteiger partial charge in [0.05, 0.1) is 0 Å². The predicted octanol–water partition coefficient (Wildman–Crippen LogP) is 4.18. The minimum absolute atomic E-state index is 0.0279. The Hall–Kier alpha value is -2.46. The van der Waals surface area contributed by atoms with E-state index in [0.717, 1.165) is 51.4 Å². The molecule has 1 atom stereocenters. The molecule has 0 aromatic heterocycles. The molecule has 3 amide bonds. The maximum absolute atomic E-state index is 12.2. The molecule has 1 heterocycles. The van der Waals surface area contributed by atoms with Crippen LogP contribution in [-0.4, -0.2) is 75.9 Å². The van der Waals surface area contributed by atoms with Crippen LogP contribution in [0.1, 0.15) is 128 Å². The zero-order valence-electron chi connectivity index (χ0n) is 25.0. The lowest BCUT2D eigenvalue weighted by Crippen LogP contribution is -2.48. The van der Waals surface area contributed by atoms with E-state index in [1.165, 1.54) is 51.4 Å². The van der Waals surface area contributed by atoms with E-state index in [1.807, 2.05) is 6.08 Å². The van der Waals surface area contributed by atoms with E-state index in [2.05, 4.69) is 10.6 Å². The zero-order chi connectivity index (χ0) is 30.1. The Labute approximate surface area is 246 Å². The van der Waals surface area contributed by atoms with Crippen molar-refractivity contribution in [2.75, 3.05) is 19.6 Å². The average Bonchev–Trinajstić information content (AvgIpc) is 3.34. The van der Waals surface area contributed by atoms with Crippen LogP contribution in [0.5, 0.6) is 0 Å². The number of rotatable bonds is 27. The normalized spacial score (nSPS) is 13.6. The highest BCUT2D eigenvalue weighted by atomic mass is 16.5. The summed E-state index contributed by atoms with van der Waals surface area (Å²) in [7, 11) is 0. The molecule has 0 unspecified atom stereocenters. The van der Waals surface area contributed by atoms with Gasteiger partial charge in [0.1, 0.15) is 6.04 Å². The fourth-order valence-electron chi connectivity index (χ4n) is 4.95. The molecule has 41 heavy (non-hydrogen) atoms. The maximum Gasteiger partial charge on any atom is 0.328 e. The first-order valence-corrected chi connectivity index (χ1v) is 15.9. The fraction of sp³-hybridized carbons (Fsp3) is 0.806. The third-order valence-electron chi connectivity index (χ3n) is 7.48. The largest absolute Gasteiger partial charge is 0.480 e. The summed E-state index contributed by atoms with van der Waals surface area (Å²) in [6.07, 6.45) is 21.3. The summed E-state index contributed by atoms with van der Waals surface area (Å²) in [6, 6.07) is -1.14. The number of aliphatic hydroxyl groups is 2. The second-order valence-corrected chi connectivity index (χ2v) is 11.2. The number of carbonyl (C=O) groups is 4. The lowest BCUT2D eigenvalue weighted by molar-refractivity contribution is -0.141. The van der Waals surface area contributed by atoms with Gasteiger partial charge in [0.2, 0.25) is 17.7 Å². The number of carboxylic acids is 1. The van der Waals surface area contributed by atoms with E-state index >= 15 is 0 Å². The van der Waals surface area contributed by atoms with Gasteiger partial charge < -0.3 is 30.9 Å². The van der Waals surface area contributed by atoms with Gasteiger partial charge in [-0.25, -0.2) is 4.79 Å². The van der Waals surface area contributed by atoms with Crippen molar-refractivity contribution in [1.29, 1.82) is 0 Å². The first-order chi connectivity index (χ1) is 19.8. The van der Waals surface area contributed by atoms with Gasteiger partial charge in [0.25, 0.3) is 0 Å². The quantitative estimate of drug-likeness (QED) is 0.0719. The van der Waals surface area contributed by atoms with E-state index in [9.17, 15) is 24.3 Å². The summed E-state index contributed by atoms with van der Waals surface area (Å²) < 4.78 is 0. The van der Waals surface area contributed by atoms with Crippen molar-refractivity contribution in [3.63, 3.8) is 0 Å². The van der Waals surface area contributed by atoms with E-state index in [-0.39, 0.29) is 37.1 Å². The van der Waals surface area contributed by atoms with Gasteiger partial charge in [-0.15, -0.1) is 0 Å². The number of aliphatic carboxylic acids is 1. The molecule has 0 bridgehead atoms. The molecule has 0 fully saturated rings. The van der Waals surface area contributed by atoms with Crippen LogP contribution in [0.15, 0.2) is 12.2 Å². The molecule has 0 aromatic rings. The molecule has 236 valence electrons. The van der Waals surface area contributed by atoms with Crippen molar-refractivity contribution < 1.29 is 34.5 Å². The zero-order valence-corrected chi connectivity index (χ0v) is 25.0. The minimum Gasteiger partial charge on any atom is -0.480 e. The minimum atomic E-state index is -1.17.